The van der Waals surface area contributed by atoms with Crippen molar-refractivity contribution in [2.45, 2.75) is 0 Å². The largest absolute Gasteiger partial charge is 0.506 e. The molecule has 0 saturated carbocycles. The van der Waals surface area contributed by atoms with Gasteiger partial charge in [-0.15, -0.1) is 0 Å². The number of hydrogen-bond donors (Lipinski definition) is 1. The van der Waals surface area contributed by atoms with Gasteiger partial charge in [0.1, 0.15) is 51.8 Å². The van der Waals surface area contributed by atoms with Crippen molar-refractivity contribution in [1.82, 2.24) is 0 Å². The maximum Gasteiger partial charge on any atom is 0.204 e. The lowest BCUT2D eigenvalue weighted by atomic mass is 10.0. The van der Waals surface area contributed by atoms with E-state index in [1.165, 1.54) is 42.5 Å². The highest BCUT2D eigenvalue weighted by atomic mass is 19.1. The fourth-order valence-electron chi connectivity index (χ4n) is 3.60. The minimum Gasteiger partial charge on any atom is -0.506 e. The second-order valence-electron chi connectivity index (χ2n) is 6.89. The highest BCUT2D eigenvalue weighted by Crippen LogP contribution is 2.34. The fraction of sp³-hybridized carbons (Fsp3) is 0. The van der Waals surface area contributed by atoms with Gasteiger partial charge in [0.15, 0.2) is 0 Å². The molecule has 0 saturated heterocycles. The molecule has 1 N–H and O–H groups in total. The van der Waals surface area contributed by atoms with Crippen molar-refractivity contribution in [2.75, 3.05) is 0 Å². The van der Waals surface area contributed by atoms with Crippen LogP contribution in [0.2, 0.25) is 0 Å². The van der Waals surface area contributed by atoms with Gasteiger partial charge in [0.05, 0.1) is 11.1 Å². The second-order valence-corrected chi connectivity index (χ2v) is 6.89. The molecular formula is C24H12F2O5. The minimum atomic E-state index is -0.721. The number of halogens is 2. The van der Waals surface area contributed by atoms with Gasteiger partial charge in [-0.05, 0) is 12.1 Å². The number of aromatic hydroxyl groups is 1. The maximum absolute atomic E-state index is 14.2. The van der Waals surface area contributed by atoms with E-state index in [1.807, 2.05) is 0 Å². The Morgan fingerprint density at radius 3 is 1.48 bits per heavy atom. The molecule has 31 heavy (non-hydrogen) atoms. The molecule has 5 rings (SSSR count). The first-order chi connectivity index (χ1) is 15.0. The van der Waals surface area contributed by atoms with Gasteiger partial charge in [-0.1, -0.05) is 36.4 Å². The summed E-state index contributed by atoms with van der Waals surface area (Å²) in [6, 6.07) is 12.5. The first-order valence-electron chi connectivity index (χ1n) is 9.20. The zero-order valence-corrected chi connectivity index (χ0v) is 15.7. The molecule has 0 aliphatic heterocycles. The molecule has 7 heteroatoms. The smallest absolute Gasteiger partial charge is 0.204 e. The topological polar surface area (TPSA) is 80.7 Å². The number of benzene rings is 3. The third-order valence-electron chi connectivity index (χ3n) is 5.11. The highest BCUT2D eigenvalue weighted by molar-refractivity contribution is 6.02. The lowest BCUT2D eigenvalue weighted by Gasteiger charge is -2.08. The molecule has 0 atom stereocenters. The van der Waals surface area contributed by atoms with Gasteiger partial charge in [-0.3, -0.25) is 9.59 Å². The lowest BCUT2D eigenvalue weighted by molar-refractivity contribution is 0.483. The zero-order valence-electron chi connectivity index (χ0n) is 15.7. The number of phenols is 1. The number of hydrogen-bond acceptors (Lipinski definition) is 5. The summed E-state index contributed by atoms with van der Waals surface area (Å²) >= 11 is 0. The van der Waals surface area contributed by atoms with E-state index in [-0.39, 0.29) is 44.2 Å². The number of phenolic OH excluding ortho intramolecular Hbond substituents is 1. The van der Waals surface area contributed by atoms with E-state index in [0.29, 0.717) is 0 Å². The Morgan fingerprint density at radius 1 is 0.645 bits per heavy atom. The standard InChI is InChI=1S/C24H12F2O5/c25-16-7-3-1-5-12(16)14-10-30-18-9-19-21(24(29)20(18)22(14)27)23(28)15(11-31-19)13-6-2-4-8-17(13)26/h1-11,29H. The van der Waals surface area contributed by atoms with Gasteiger partial charge in [0, 0.05) is 17.2 Å². The highest BCUT2D eigenvalue weighted by Gasteiger charge is 2.21. The van der Waals surface area contributed by atoms with Gasteiger partial charge < -0.3 is 13.9 Å². The fourth-order valence-corrected chi connectivity index (χ4v) is 3.60. The average molecular weight is 418 g/mol. The summed E-state index contributed by atoms with van der Waals surface area (Å²) in [7, 11) is 0. The molecule has 5 nitrogen and oxygen atoms in total. The van der Waals surface area contributed by atoms with Crippen molar-refractivity contribution in [3.05, 3.63) is 99.2 Å². The first kappa shape index (κ1) is 18.7. The van der Waals surface area contributed by atoms with Crippen LogP contribution in [0.5, 0.6) is 5.75 Å². The molecule has 0 fully saturated rings. The van der Waals surface area contributed by atoms with Crippen molar-refractivity contribution in [1.29, 1.82) is 0 Å². The van der Waals surface area contributed by atoms with Crippen LogP contribution in [0, 0.1) is 11.6 Å². The normalized spacial score (nSPS) is 11.3. The summed E-state index contributed by atoms with van der Waals surface area (Å²) in [5, 5.41) is 10.2. The van der Waals surface area contributed by atoms with E-state index in [4.69, 9.17) is 8.83 Å². The molecule has 5 aromatic rings. The van der Waals surface area contributed by atoms with Crippen molar-refractivity contribution >= 4 is 21.9 Å². The Morgan fingerprint density at radius 2 is 1.06 bits per heavy atom. The molecule has 0 radical (unpaired) electrons. The van der Waals surface area contributed by atoms with Crippen molar-refractivity contribution in [3.8, 4) is 28.0 Å². The summed E-state index contributed by atoms with van der Waals surface area (Å²) in [6.07, 6.45) is 2.17. The van der Waals surface area contributed by atoms with Crippen molar-refractivity contribution in [2.24, 2.45) is 0 Å². The van der Waals surface area contributed by atoms with Crippen LogP contribution in [0.4, 0.5) is 8.78 Å². The van der Waals surface area contributed by atoms with Gasteiger partial charge in [0.2, 0.25) is 10.9 Å². The van der Waals surface area contributed by atoms with Crippen LogP contribution < -0.4 is 10.9 Å². The molecule has 3 aromatic carbocycles. The molecular weight excluding hydrogens is 406 g/mol. The number of rotatable bonds is 2. The zero-order chi connectivity index (χ0) is 21.7. The van der Waals surface area contributed by atoms with Crippen LogP contribution >= 0.6 is 0 Å². The maximum atomic E-state index is 14.2. The molecule has 0 unspecified atom stereocenters. The Labute approximate surface area is 172 Å². The Kier molecular flexibility index (Phi) is 4.18. The minimum absolute atomic E-state index is 0.00945. The van der Waals surface area contributed by atoms with Gasteiger partial charge >= 0.3 is 0 Å². The molecule has 152 valence electrons. The molecule has 2 heterocycles. The molecule has 0 bridgehead atoms. The lowest BCUT2D eigenvalue weighted by Crippen LogP contribution is -2.10. The summed E-state index contributed by atoms with van der Waals surface area (Å²) in [5.41, 5.74) is -1.78. The van der Waals surface area contributed by atoms with Crippen LogP contribution in [0.15, 0.2) is 85.5 Å². The van der Waals surface area contributed by atoms with Crippen LogP contribution in [0.1, 0.15) is 0 Å². The van der Waals surface area contributed by atoms with E-state index in [0.717, 1.165) is 12.5 Å². The van der Waals surface area contributed by atoms with E-state index < -0.39 is 28.2 Å². The Bertz CT molecular complexity index is 1500. The quantitative estimate of drug-likeness (QED) is 0.398. The Balaban J connectivity index is 1.86. The van der Waals surface area contributed by atoms with Crippen molar-refractivity contribution in [3.63, 3.8) is 0 Å². The molecule has 0 aliphatic carbocycles. The monoisotopic (exact) mass is 418 g/mol. The molecule has 0 amide bonds. The molecule has 0 aliphatic rings. The predicted molar refractivity (Wildman–Crippen MR) is 111 cm³/mol. The summed E-state index contributed by atoms with van der Waals surface area (Å²) in [5.74, 6) is -1.96. The van der Waals surface area contributed by atoms with E-state index in [1.54, 1.807) is 12.1 Å². The molecule has 0 spiro atoms. The van der Waals surface area contributed by atoms with E-state index in [9.17, 15) is 23.5 Å². The summed E-state index contributed by atoms with van der Waals surface area (Å²) in [6.45, 7) is 0. The van der Waals surface area contributed by atoms with Crippen LogP contribution in [-0.2, 0) is 0 Å². The number of fused-ring (bicyclic) bond motifs is 2. The van der Waals surface area contributed by atoms with Crippen LogP contribution in [0.25, 0.3) is 44.2 Å². The van der Waals surface area contributed by atoms with Gasteiger partial charge in [0.25, 0.3) is 0 Å². The van der Waals surface area contributed by atoms with Crippen molar-refractivity contribution < 1.29 is 22.7 Å². The Hall–Kier alpha value is -4.26. The third kappa shape index (κ3) is 2.82. The SMILES string of the molecule is O=c1c(-c2ccccc2F)coc2cc3occ(-c4ccccc4F)c(=O)c3c(O)c12. The van der Waals surface area contributed by atoms with Gasteiger partial charge in [-0.2, -0.15) is 0 Å². The van der Waals surface area contributed by atoms with Crippen LogP contribution in [0.3, 0.4) is 0 Å². The average Bonchev–Trinajstić information content (AvgIpc) is 2.75. The predicted octanol–water partition coefficient (Wildman–Crippen LogP) is 5.22. The second kappa shape index (κ2) is 6.91. The van der Waals surface area contributed by atoms with Gasteiger partial charge in [-0.25, -0.2) is 8.78 Å². The van der Waals surface area contributed by atoms with E-state index in [2.05, 4.69) is 0 Å². The summed E-state index contributed by atoms with van der Waals surface area (Å²) in [4.78, 5) is 26.2. The molecule has 2 aromatic heterocycles. The third-order valence-corrected chi connectivity index (χ3v) is 5.11. The van der Waals surface area contributed by atoms with Crippen LogP contribution in [-0.4, -0.2) is 5.11 Å². The van der Waals surface area contributed by atoms with E-state index >= 15 is 0 Å². The summed E-state index contributed by atoms with van der Waals surface area (Å²) < 4.78 is 39.3. The first-order valence-corrected chi connectivity index (χ1v) is 9.20.